The Kier molecular flexibility index (Phi) is 5.12. The number of anilines is 1. The predicted molar refractivity (Wildman–Crippen MR) is 63.4 cm³/mol. The third-order valence-corrected chi connectivity index (χ3v) is 2.16. The molecule has 0 aliphatic rings. The zero-order valence-corrected chi connectivity index (χ0v) is 10.3. The van der Waals surface area contributed by atoms with E-state index < -0.39 is 5.97 Å². The second-order valence-electron chi connectivity index (χ2n) is 3.66. The van der Waals surface area contributed by atoms with Gasteiger partial charge in [0.25, 0.3) is 0 Å². The fourth-order valence-corrected chi connectivity index (χ4v) is 1.20. The van der Waals surface area contributed by atoms with Crippen LogP contribution in [0.3, 0.4) is 0 Å². The van der Waals surface area contributed by atoms with Gasteiger partial charge in [0.15, 0.2) is 0 Å². The first-order valence-electron chi connectivity index (χ1n) is 5.28. The number of ether oxygens (including phenoxy) is 1. The lowest BCUT2D eigenvalue weighted by Crippen LogP contribution is -2.33. The van der Waals surface area contributed by atoms with Gasteiger partial charge in [-0.2, -0.15) is 5.10 Å². The van der Waals surface area contributed by atoms with E-state index in [4.69, 9.17) is 9.84 Å². The zero-order valence-electron chi connectivity index (χ0n) is 10.3. The third-order valence-electron chi connectivity index (χ3n) is 2.16. The molecule has 2 N–H and O–H groups in total. The van der Waals surface area contributed by atoms with Crippen molar-refractivity contribution in [2.45, 2.75) is 6.54 Å². The molecule has 0 aliphatic heterocycles. The Labute approximate surface area is 104 Å². The van der Waals surface area contributed by atoms with Gasteiger partial charge >= 0.3 is 12.0 Å². The lowest BCUT2D eigenvalue weighted by molar-refractivity contribution is -0.137. The second-order valence-corrected chi connectivity index (χ2v) is 3.66. The summed E-state index contributed by atoms with van der Waals surface area (Å²) < 4.78 is 6.09. The highest BCUT2D eigenvalue weighted by atomic mass is 16.5. The third kappa shape index (κ3) is 4.42. The van der Waals surface area contributed by atoms with Gasteiger partial charge in [-0.1, -0.05) is 0 Å². The number of hydrogen-bond donors (Lipinski definition) is 2. The number of carboxylic acid groups (broad SMARTS) is 1. The number of nitrogens with one attached hydrogen (secondary N) is 1. The number of amides is 2. The molecule has 0 fully saturated rings. The van der Waals surface area contributed by atoms with Gasteiger partial charge in [-0.3, -0.25) is 9.48 Å². The van der Waals surface area contributed by atoms with Crippen molar-refractivity contribution < 1.29 is 19.4 Å². The van der Waals surface area contributed by atoms with E-state index in [9.17, 15) is 9.59 Å². The molecule has 0 bridgehead atoms. The molecule has 1 rings (SSSR count). The average Bonchev–Trinajstić information content (AvgIpc) is 2.72. The van der Waals surface area contributed by atoms with Crippen molar-refractivity contribution in [1.29, 1.82) is 0 Å². The fourth-order valence-electron chi connectivity index (χ4n) is 1.20. The zero-order chi connectivity index (χ0) is 13.5. The largest absolute Gasteiger partial charge is 0.480 e. The van der Waals surface area contributed by atoms with Crippen LogP contribution in [-0.2, 0) is 16.1 Å². The number of carboxylic acids is 1. The quantitative estimate of drug-likeness (QED) is 0.751. The van der Waals surface area contributed by atoms with Gasteiger partial charge in [-0.05, 0) is 0 Å². The highest BCUT2D eigenvalue weighted by Crippen LogP contribution is 2.05. The Morgan fingerprint density at radius 1 is 1.61 bits per heavy atom. The monoisotopic (exact) mass is 256 g/mol. The van der Waals surface area contributed by atoms with E-state index in [-0.39, 0.29) is 12.6 Å². The van der Waals surface area contributed by atoms with Crippen LogP contribution in [0.4, 0.5) is 10.5 Å². The lowest BCUT2D eigenvalue weighted by Gasteiger charge is -2.16. The molecule has 0 saturated carbocycles. The van der Waals surface area contributed by atoms with Crippen LogP contribution in [-0.4, -0.2) is 59.1 Å². The first-order chi connectivity index (χ1) is 8.52. The number of carbonyl (C=O) groups excluding carboxylic acids is 1. The molecule has 100 valence electrons. The summed E-state index contributed by atoms with van der Waals surface area (Å²) in [7, 11) is 3.19. The van der Waals surface area contributed by atoms with Gasteiger partial charge in [0.1, 0.15) is 6.54 Å². The molecule has 18 heavy (non-hydrogen) atoms. The van der Waals surface area contributed by atoms with E-state index in [0.717, 1.165) is 0 Å². The van der Waals surface area contributed by atoms with Crippen LogP contribution in [0.15, 0.2) is 12.4 Å². The number of urea groups is 1. The van der Waals surface area contributed by atoms with Gasteiger partial charge in [0, 0.05) is 26.9 Å². The predicted octanol–water partition coefficient (Wildman–Crippen LogP) is 0.0778. The van der Waals surface area contributed by atoms with Crippen LogP contribution in [0.25, 0.3) is 0 Å². The normalized spacial score (nSPS) is 10.1. The van der Waals surface area contributed by atoms with E-state index in [1.165, 1.54) is 22.0 Å². The Bertz CT molecular complexity index is 418. The number of methoxy groups -OCH3 is 1. The summed E-state index contributed by atoms with van der Waals surface area (Å²) in [4.78, 5) is 23.6. The first-order valence-corrected chi connectivity index (χ1v) is 5.28. The number of carbonyl (C=O) groups is 2. The highest BCUT2D eigenvalue weighted by Gasteiger charge is 2.10. The van der Waals surface area contributed by atoms with E-state index in [1.54, 1.807) is 14.2 Å². The molecule has 0 radical (unpaired) electrons. The van der Waals surface area contributed by atoms with Crippen LogP contribution >= 0.6 is 0 Å². The maximum absolute atomic E-state index is 11.7. The lowest BCUT2D eigenvalue weighted by atomic mass is 10.5. The molecule has 0 aromatic carbocycles. The first kappa shape index (κ1) is 14.0. The van der Waals surface area contributed by atoms with Crippen LogP contribution in [0.1, 0.15) is 0 Å². The Morgan fingerprint density at radius 2 is 2.33 bits per heavy atom. The number of aromatic nitrogens is 2. The minimum atomic E-state index is -0.992. The fraction of sp³-hybridized carbons (Fsp3) is 0.500. The van der Waals surface area contributed by atoms with Crippen molar-refractivity contribution in [3.63, 3.8) is 0 Å². The molecule has 8 heteroatoms. The molecular formula is C10H16N4O4. The average molecular weight is 256 g/mol. The molecule has 1 heterocycles. The molecule has 0 saturated heterocycles. The smallest absolute Gasteiger partial charge is 0.325 e. The molecule has 0 atom stereocenters. The molecule has 1 aromatic rings. The number of hydrogen-bond acceptors (Lipinski definition) is 4. The Balaban J connectivity index is 2.48. The van der Waals surface area contributed by atoms with E-state index >= 15 is 0 Å². The summed E-state index contributed by atoms with van der Waals surface area (Å²) in [6, 6.07) is -0.304. The van der Waals surface area contributed by atoms with Gasteiger partial charge in [0.05, 0.1) is 18.5 Å². The Morgan fingerprint density at radius 3 is 2.94 bits per heavy atom. The number of aliphatic carboxylic acids is 1. The van der Waals surface area contributed by atoms with Crippen molar-refractivity contribution in [3.8, 4) is 0 Å². The molecule has 8 nitrogen and oxygen atoms in total. The minimum absolute atomic E-state index is 0.241. The number of rotatable bonds is 6. The van der Waals surface area contributed by atoms with E-state index in [2.05, 4.69) is 10.4 Å². The maximum Gasteiger partial charge on any atom is 0.325 e. The molecule has 0 spiro atoms. The molecule has 0 aliphatic carbocycles. The van der Waals surface area contributed by atoms with E-state index in [0.29, 0.717) is 18.8 Å². The number of nitrogens with zero attached hydrogens (tertiary/aromatic N) is 3. The molecule has 1 aromatic heterocycles. The molecule has 0 unspecified atom stereocenters. The van der Waals surface area contributed by atoms with Crippen molar-refractivity contribution in [3.05, 3.63) is 12.4 Å². The minimum Gasteiger partial charge on any atom is -0.480 e. The summed E-state index contributed by atoms with van der Waals surface area (Å²) in [5.41, 5.74) is 0.450. The van der Waals surface area contributed by atoms with Crippen LogP contribution in [0.5, 0.6) is 0 Å². The highest BCUT2D eigenvalue weighted by molar-refractivity contribution is 5.88. The Hall–Kier alpha value is -2.09. The van der Waals surface area contributed by atoms with Crippen molar-refractivity contribution >= 4 is 17.7 Å². The van der Waals surface area contributed by atoms with Crippen LogP contribution in [0, 0.1) is 0 Å². The van der Waals surface area contributed by atoms with Crippen molar-refractivity contribution in [1.82, 2.24) is 14.7 Å². The van der Waals surface area contributed by atoms with Crippen LogP contribution < -0.4 is 5.32 Å². The van der Waals surface area contributed by atoms with Gasteiger partial charge in [-0.25, -0.2) is 4.79 Å². The van der Waals surface area contributed by atoms with Crippen molar-refractivity contribution in [2.75, 3.05) is 32.6 Å². The van der Waals surface area contributed by atoms with Crippen LogP contribution in [0.2, 0.25) is 0 Å². The topological polar surface area (TPSA) is 96.7 Å². The van der Waals surface area contributed by atoms with E-state index in [1.807, 2.05) is 0 Å². The van der Waals surface area contributed by atoms with Crippen molar-refractivity contribution in [2.24, 2.45) is 0 Å². The SMILES string of the molecule is COCCN(C)C(=O)Nc1cnn(CC(=O)O)c1. The van der Waals surface area contributed by atoms with Gasteiger partial charge in [0.2, 0.25) is 0 Å². The summed E-state index contributed by atoms with van der Waals surface area (Å²) in [6.45, 7) is 0.670. The number of likely N-dealkylation sites (N-methyl/N-ethyl adjacent to an activating group) is 1. The molecular weight excluding hydrogens is 240 g/mol. The summed E-state index contributed by atoms with van der Waals surface area (Å²) in [5, 5.41) is 15.0. The molecule has 2 amide bonds. The summed E-state index contributed by atoms with van der Waals surface area (Å²) >= 11 is 0. The summed E-state index contributed by atoms with van der Waals surface area (Å²) in [5.74, 6) is -0.992. The second kappa shape index (κ2) is 6.60. The van der Waals surface area contributed by atoms with Gasteiger partial charge < -0.3 is 20.1 Å². The van der Waals surface area contributed by atoms with Gasteiger partial charge in [-0.15, -0.1) is 0 Å². The standard InChI is InChI=1S/C10H16N4O4/c1-13(3-4-18-2)10(17)12-8-5-11-14(6-8)7-9(15)16/h5-6H,3-4,7H2,1-2H3,(H,12,17)(H,15,16). The maximum atomic E-state index is 11.7. The summed E-state index contributed by atoms with van der Waals surface area (Å²) in [6.07, 6.45) is 2.85.